The van der Waals surface area contributed by atoms with Crippen LogP contribution in [0.25, 0.3) is 0 Å². The van der Waals surface area contributed by atoms with Crippen molar-refractivity contribution in [3.8, 4) is 6.07 Å². The van der Waals surface area contributed by atoms with Gasteiger partial charge in [0.1, 0.15) is 17.6 Å². The summed E-state index contributed by atoms with van der Waals surface area (Å²) in [4.78, 5) is 8.06. The molecule has 2 rings (SSSR count). The van der Waals surface area contributed by atoms with Crippen LogP contribution < -0.4 is 5.32 Å². The number of hydrogen-bond acceptors (Lipinski definition) is 4. The molecule has 0 unspecified atom stereocenters. The van der Waals surface area contributed by atoms with E-state index in [-0.39, 0.29) is 0 Å². The molecule has 0 saturated carbocycles. The number of anilines is 1. The van der Waals surface area contributed by atoms with Crippen LogP contribution in [0.5, 0.6) is 0 Å². The quantitative estimate of drug-likeness (QED) is 0.830. The molecule has 80 valence electrons. The molecule has 0 fully saturated rings. The van der Waals surface area contributed by atoms with Gasteiger partial charge in [-0.3, -0.25) is 0 Å². The third kappa shape index (κ3) is 2.58. The second kappa shape index (κ2) is 4.94. The Morgan fingerprint density at radius 1 is 1.44 bits per heavy atom. The number of rotatable bonds is 4. The first-order chi connectivity index (χ1) is 7.88. The van der Waals surface area contributed by atoms with Gasteiger partial charge in [0, 0.05) is 25.5 Å². The third-order valence-electron chi connectivity index (χ3n) is 2.10. The van der Waals surface area contributed by atoms with Gasteiger partial charge in [-0.15, -0.1) is 0 Å². The Bertz CT molecular complexity index is 483. The summed E-state index contributed by atoms with van der Waals surface area (Å²) in [6.07, 6.45) is 5.41. The molecule has 0 spiro atoms. The highest BCUT2D eigenvalue weighted by atomic mass is 15.1. The predicted octanol–water partition coefficient (Wildman–Crippen LogP) is 1.26. The average molecular weight is 213 g/mol. The lowest BCUT2D eigenvalue weighted by molar-refractivity contribution is 0.725. The zero-order valence-electron chi connectivity index (χ0n) is 8.67. The number of hydrogen-bond donors (Lipinski definition) is 1. The summed E-state index contributed by atoms with van der Waals surface area (Å²) < 4.78 is 1.97. The highest BCUT2D eigenvalue weighted by Crippen LogP contribution is 2.03. The number of aromatic nitrogens is 3. The molecule has 0 radical (unpaired) electrons. The van der Waals surface area contributed by atoms with Crippen molar-refractivity contribution < 1.29 is 0 Å². The van der Waals surface area contributed by atoms with Crippen molar-refractivity contribution in [2.45, 2.75) is 6.54 Å². The Morgan fingerprint density at radius 3 is 3.12 bits per heavy atom. The van der Waals surface area contributed by atoms with Crippen molar-refractivity contribution in [1.82, 2.24) is 14.5 Å². The Kier molecular flexibility index (Phi) is 3.14. The SMILES string of the molecule is N#Cc1cccc(NCCn2ccnc2)n1. The lowest BCUT2D eigenvalue weighted by Crippen LogP contribution is -2.10. The lowest BCUT2D eigenvalue weighted by Gasteiger charge is -2.05. The molecular weight excluding hydrogens is 202 g/mol. The van der Waals surface area contributed by atoms with Gasteiger partial charge >= 0.3 is 0 Å². The molecule has 5 heteroatoms. The number of nitriles is 1. The van der Waals surface area contributed by atoms with Gasteiger partial charge in [0.2, 0.25) is 0 Å². The standard InChI is InChI=1S/C11H11N5/c12-8-10-2-1-3-11(15-10)14-5-7-16-6-4-13-9-16/h1-4,6,9H,5,7H2,(H,14,15). The smallest absolute Gasteiger partial charge is 0.142 e. The Hall–Kier alpha value is -2.35. The molecule has 2 aromatic heterocycles. The molecule has 2 aromatic rings. The minimum Gasteiger partial charge on any atom is -0.368 e. The minimum absolute atomic E-state index is 0.424. The first-order valence-corrected chi connectivity index (χ1v) is 4.95. The average Bonchev–Trinajstić information content (AvgIpc) is 2.82. The van der Waals surface area contributed by atoms with E-state index in [0.29, 0.717) is 5.69 Å². The maximum absolute atomic E-state index is 8.69. The van der Waals surface area contributed by atoms with E-state index in [4.69, 9.17) is 5.26 Å². The third-order valence-corrected chi connectivity index (χ3v) is 2.10. The second-order valence-corrected chi connectivity index (χ2v) is 3.25. The Morgan fingerprint density at radius 2 is 2.38 bits per heavy atom. The summed E-state index contributed by atoms with van der Waals surface area (Å²) in [6.45, 7) is 1.57. The van der Waals surface area contributed by atoms with Crippen molar-refractivity contribution >= 4 is 5.82 Å². The molecule has 0 amide bonds. The summed E-state index contributed by atoms with van der Waals surface area (Å²) in [5.74, 6) is 0.721. The van der Waals surface area contributed by atoms with Crippen molar-refractivity contribution in [3.63, 3.8) is 0 Å². The largest absolute Gasteiger partial charge is 0.368 e. The molecular formula is C11H11N5. The molecule has 16 heavy (non-hydrogen) atoms. The van der Waals surface area contributed by atoms with E-state index < -0.39 is 0 Å². The van der Waals surface area contributed by atoms with E-state index in [0.717, 1.165) is 18.9 Å². The van der Waals surface area contributed by atoms with Gasteiger partial charge in [-0.05, 0) is 12.1 Å². The molecule has 0 aromatic carbocycles. The van der Waals surface area contributed by atoms with Crippen LogP contribution in [0, 0.1) is 11.3 Å². The number of imidazole rings is 1. The molecule has 5 nitrogen and oxygen atoms in total. The first-order valence-electron chi connectivity index (χ1n) is 4.95. The number of pyridine rings is 1. The highest BCUT2D eigenvalue weighted by molar-refractivity contribution is 5.38. The number of nitrogens with one attached hydrogen (secondary N) is 1. The highest BCUT2D eigenvalue weighted by Gasteiger charge is 1.95. The van der Waals surface area contributed by atoms with E-state index in [1.165, 1.54) is 0 Å². The molecule has 0 aliphatic carbocycles. The van der Waals surface area contributed by atoms with Crippen LogP contribution in [0.1, 0.15) is 5.69 Å². The van der Waals surface area contributed by atoms with Crippen LogP contribution in [0.2, 0.25) is 0 Å². The maximum Gasteiger partial charge on any atom is 0.142 e. The molecule has 0 bridgehead atoms. The van der Waals surface area contributed by atoms with E-state index >= 15 is 0 Å². The summed E-state index contributed by atoms with van der Waals surface area (Å²) in [6, 6.07) is 7.34. The van der Waals surface area contributed by atoms with Crippen LogP contribution in [-0.4, -0.2) is 21.1 Å². The molecule has 1 N–H and O–H groups in total. The summed E-state index contributed by atoms with van der Waals surface area (Å²) in [5.41, 5.74) is 0.424. The topological polar surface area (TPSA) is 66.5 Å². The molecule has 0 atom stereocenters. The van der Waals surface area contributed by atoms with E-state index in [1.54, 1.807) is 18.6 Å². The fourth-order valence-corrected chi connectivity index (χ4v) is 1.33. The van der Waals surface area contributed by atoms with Gasteiger partial charge in [-0.2, -0.15) is 5.26 Å². The molecule has 2 heterocycles. The van der Waals surface area contributed by atoms with Gasteiger partial charge < -0.3 is 9.88 Å². The van der Waals surface area contributed by atoms with Gasteiger partial charge in [0.05, 0.1) is 6.33 Å². The van der Waals surface area contributed by atoms with Crippen LogP contribution in [-0.2, 0) is 6.54 Å². The predicted molar refractivity (Wildman–Crippen MR) is 59.7 cm³/mol. The van der Waals surface area contributed by atoms with E-state index in [1.807, 2.05) is 29.0 Å². The minimum atomic E-state index is 0.424. The molecule has 0 saturated heterocycles. The molecule has 0 aliphatic rings. The van der Waals surface area contributed by atoms with Gasteiger partial charge in [-0.25, -0.2) is 9.97 Å². The second-order valence-electron chi connectivity index (χ2n) is 3.25. The van der Waals surface area contributed by atoms with Crippen LogP contribution in [0.3, 0.4) is 0 Å². The summed E-state index contributed by atoms with van der Waals surface area (Å²) >= 11 is 0. The van der Waals surface area contributed by atoms with E-state index in [2.05, 4.69) is 15.3 Å². The zero-order valence-corrected chi connectivity index (χ0v) is 8.67. The maximum atomic E-state index is 8.69. The van der Waals surface area contributed by atoms with Crippen molar-refractivity contribution in [2.75, 3.05) is 11.9 Å². The number of nitrogens with zero attached hydrogens (tertiary/aromatic N) is 4. The van der Waals surface area contributed by atoms with Crippen LogP contribution >= 0.6 is 0 Å². The lowest BCUT2D eigenvalue weighted by atomic mass is 10.3. The normalized spacial score (nSPS) is 9.69. The van der Waals surface area contributed by atoms with Crippen molar-refractivity contribution in [2.24, 2.45) is 0 Å². The van der Waals surface area contributed by atoms with Crippen molar-refractivity contribution in [1.29, 1.82) is 5.26 Å². The monoisotopic (exact) mass is 213 g/mol. The van der Waals surface area contributed by atoms with Crippen LogP contribution in [0.4, 0.5) is 5.82 Å². The Labute approximate surface area is 93.4 Å². The van der Waals surface area contributed by atoms with E-state index in [9.17, 15) is 0 Å². The van der Waals surface area contributed by atoms with Gasteiger partial charge in [0.25, 0.3) is 0 Å². The van der Waals surface area contributed by atoms with Crippen molar-refractivity contribution in [3.05, 3.63) is 42.6 Å². The van der Waals surface area contributed by atoms with Crippen LogP contribution in [0.15, 0.2) is 36.9 Å². The molecule has 0 aliphatic heterocycles. The fourth-order valence-electron chi connectivity index (χ4n) is 1.33. The fraction of sp³-hybridized carbons (Fsp3) is 0.182. The van der Waals surface area contributed by atoms with Gasteiger partial charge in [-0.1, -0.05) is 6.07 Å². The first kappa shape index (κ1) is 10.2. The zero-order chi connectivity index (χ0) is 11.2. The summed E-state index contributed by atoms with van der Waals surface area (Å²) in [7, 11) is 0. The Balaban J connectivity index is 1.88. The summed E-state index contributed by atoms with van der Waals surface area (Å²) in [5, 5.41) is 11.8. The van der Waals surface area contributed by atoms with Gasteiger partial charge in [0.15, 0.2) is 0 Å².